The number of fused-ring (bicyclic) bond motifs is 1. The van der Waals surface area contributed by atoms with Gasteiger partial charge in [-0.05, 0) is 54.4 Å². The third kappa shape index (κ3) is 5.23. The van der Waals surface area contributed by atoms with Gasteiger partial charge in [-0.2, -0.15) is 0 Å². The molecule has 0 N–H and O–H groups in total. The van der Waals surface area contributed by atoms with Crippen molar-refractivity contribution in [2.24, 2.45) is 0 Å². The predicted octanol–water partition coefficient (Wildman–Crippen LogP) is 4.80. The molecule has 0 radical (unpaired) electrons. The van der Waals surface area contributed by atoms with Crippen molar-refractivity contribution in [1.82, 2.24) is 14.9 Å². The lowest BCUT2D eigenvalue weighted by Gasteiger charge is -2.32. The molecule has 0 atom stereocenters. The first kappa shape index (κ1) is 20.5. The molecule has 1 aliphatic heterocycles. The van der Waals surface area contributed by atoms with Crippen LogP contribution in [-0.2, 0) is 13.0 Å². The normalized spacial score (nSPS) is 13.3. The van der Waals surface area contributed by atoms with Crippen molar-refractivity contribution in [3.05, 3.63) is 95.6 Å². The number of benzene rings is 2. The van der Waals surface area contributed by atoms with Crippen molar-refractivity contribution in [1.29, 1.82) is 0 Å². The Morgan fingerprint density at radius 3 is 2.39 bits per heavy atom. The van der Waals surface area contributed by atoms with Crippen LogP contribution < -0.4 is 4.74 Å². The lowest BCUT2D eigenvalue weighted by molar-refractivity contribution is -0.274. The smallest absolute Gasteiger partial charge is 0.406 e. The average Bonchev–Trinajstić information content (AvgIpc) is 2.75. The van der Waals surface area contributed by atoms with Crippen molar-refractivity contribution >= 4 is 5.70 Å². The van der Waals surface area contributed by atoms with E-state index < -0.39 is 6.36 Å². The van der Waals surface area contributed by atoms with E-state index in [0.29, 0.717) is 12.1 Å². The minimum atomic E-state index is -4.71. The first-order chi connectivity index (χ1) is 14.9. The summed E-state index contributed by atoms with van der Waals surface area (Å²) in [5.74, 6) is 6.50. The van der Waals surface area contributed by atoms with Crippen molar-refractivity contribution in [2.45, 2.75) is 19.3 Å². The average molecular weight is 421 g/mol. The molecule has 2 aromatic carbocycles. The molecule has 3 aromatic rings. The number of nitrogens with zero attached hydrogens (tertiary/aromatic N) is 3. The standard InChI is InChI=1S/C24H18F3N3O/c1-17-22-15-19(4-3-18-6-9-21(10-7-18)31-24(25,26)27)5-8-20(22)11-14-30(17)16-23-28-12-2-13-29-23/h2,5-10,12-13,15H,1,11,14,16H2. The Morgan fingerprint density at radius 2 is 1.68 bits per heavy atom. The summed E-state index contributed by atoms with van der Waals surface area (Å²) < 4.78 is 40.7. The summed E-state index contributed by atoms with van der Waals surface area (Å²) in [5, 5.41) is 0. The lowest BCUT2D eigenvalue weighted by atomic mass is 9.95. The molecule has 0 spiro atoms. The van der Waals surface area contributed by atoms with Gasteiger partial charge >= 0.3 is 6.36 Å². The van der Waals surface area contributed by atoms with Crippen LogP contribution in [0, 0.1) is 11.8 Å². The molecular weight excluding hydrogens is 403 g/mol. The van der Waals surface area contributed by atoms with Gasteiger partial charge < -0.3 is 9.64 Å². The van der Waals surface area contributed by atoms with E-state index in [0.717, 1.165) is 35.6 Å². The van der Waals surface area contributed by atoms with Crippen LogP contribution in [-0.4, -0.2) is 27.8 Å². The van der Waals surface area contributed by atoms with Gasteiger partial charge in [-0.15, -0.1) is 13.2 Å². The third-order valence-electron chi connectivity index (χ3n) is 4.84. The molecule has 0 aliphatic carbocycles. The predicted molar refractivity (Wildman–Crippen MR) is 111 cm³/mol. The number of aromatic nitrogens is 2. The molecule has 4 rings (SSSR count). The molecular formula is C24H18F3N3O. The Kier molecular flexibility index (Phi) is 5.63. The monoisotopic (exact) mass is 421 g/mol. The SMILES string of the molecule is C=C1c2cc(C#Cc3ccc(OC(F)(F)F)cc3)ccc2CCN1Cc1ncccn1. The first-order valence-corrected chi connectivity index (χ1v) is 9.58. The Labute approximate surface area is 178 Å². The maximum absolute atomic E-state index is 12.3. The van der Waals surface area contributed by atoms with Crippen LogP contribution in [0.2, 0.25) is 0 Å². The van der Waals surface area contributed by atoms with Gasteiger partial charge in [-0.25, -0.2) is 9.97 Å². The minimum absolute atomic E-state index is 0.273. The van der Waals surface area contributed by atoms with E-state index in [2.05, 4.69) is 38.0 Å². The summed E-state index contributed by atoms with van der Waals surface area (Å²) in [5.41, 5.74) is 4.52. The molecule has 4 nitrogen and oxygen atoms in total. The van der Waals surface area contributed by atoms with Crippen molar-refractivity contribution < 1.29 is 17.9 Å². The van der Waals surface area contributed by atoms with Gasteiger partial charge in [-0.1, -0.05) is 24.5 Å². The van der Waals surface area contributed by atoms with Gasteiger partial charge in [-0.3, -0.25) is 0 Å². The molecule has 7 heteroatoms. The van der Waals surface area contributed by atoms with Crippen molar-refractivity contribution in [2.75, 3.05) is 6.54 Å². The molecule has 0 amide bonds. The van der Waals surface area contributed by atoms with Gasteiger partial charge in [0.05, 0.1) is 6.54 Å². The van der Waals surface area contributed by atoms with E-state index >= 15 is 0 Å². The van der Waals surface area contributed by atoms with Gasteiger partial charge in [0.25, 0.3) is 0 Å². The van der Waals surface area contributed by atoms with E-state index in [1.165, 1.54) is 29.8 Å². The molecule has 0 saturated heterocycles. The number of hydrogen-bond donors (Lipinski definition) is 0. The molecule has 1 aromatic heterocycles. The molecule has 2 heterocycles. The number of ether oxygens (including phenoxy) is 1. The van der Waals surface area contributed by atoms with E-state index in [-0.39, 0.29) is 5.75 Å². The Bertz CT molecular complexity index is 1150. The third-order valence-corrected chi connectivity index (χ3v) is 4.84. The Morgan fingerprint density at radius 1 is 1.00 bits per heavy atom. The molecule has 0 bridgehead atoms. The number of hydrogen-bond acceptors (Lipinski definition) is 4. The largest absolute Gasteiger partial charge is 0.573 e. The lowest BCUT2D eigenvalue weighted by Crippen LogP contribution is -2.29. The second kappa shape index (κ2) is 8.52. The van der Waals surface area contributed by atoms with Crippen LogP contribution in [0.4, 0.5) is 13.2 Å². The first-order valence-electron chi connectivity index (χ1n) is 9.58. The molecule has 156 valence electrons. The summed E-state index contributed by atoms with van der Waals surface area (Å²) in [4.78, 5) is 10.7. The zero-order valence-electron chi connectivity index (χ0n) is 16.5. The van der Waals surface area contributed by atoms with E-state index in [1.807, 2.05) is 18.2 Å². The van der Waals surface area contributed by atoms with Gasteiger partial charge in [0.1, 0.15) is 11.6 Å². The molecule has 0 fully saturated rings. The van der Waals surface area contributed by atoms with Crippen molar-refractivity contribution in [3.63, 3.8) is 0 Å². The summed E-state index contributed by atoms with van der Waals surface area (Å²) in [6, 6.07) is 13.2. The van der Waals surface area contributed by atoms with E-state index in [1.54, 1.807) is 18.5 Å². The number of rotatable bonds is 3. The molecule has 0 unspecified atom stereocenters. The highest BCUT2D eigenvalue weighted by atomic mass is 19.4. The maximum atomic E-state index is 12.3. The summed E-state index contributed by atoms with van der Waals surface area (Å²) in [6.07, 6.45) is -0.383. The molecule has 1 aliphatic rings. The fourth-order valence-electron chi connectivity index (χ4n) is 3.34. The zero-order valence-corrected chi connectivity index (χ0v) is 16.5. The van der Waals surface area contributed by atoms with Crippen molar-refractivity contribution in [3.8, 4) is 17.6 Å². The van der Waals surface area contributed by atoms with Gasteiger partial charge in [0.2, 0.25) is 0 Å². The zero-order chi connectivity index (χ0) is 21.8. The van der Waals surface area contributed by atoms with Crippen LogP contribution in [0.5, 0.6) is 5.75 Å². The maximum Gasteiger partial charge on any atom is 0.573 e. The van der Waals surface area contributed by atoms with Crippen LogP contribution in [0.1, 0.15) is 28.1 Å². The Balaban J connectivity index is 1.50. The summed E-state index contributed by atoms with van der Waals surface area (Å²) in [7, 11) is 0. The second-order valence-corrected chi connectivity index (χ2v) is 6.98. The Hall–Kier alpha value is -3.79. The molecule has 31 heavy (non-hydrogen) atoms. The highest BCUT2D eigenvalue weighted by molar-refractivity contribution is 5.68. The van der Waals surface area contributed by atoms with Crippen LogP contribution in [0.3, 0.4) is 0 Å². The number of alkyl halides is 3. The quantitative estimate of drug-likeness (QED) is 0.570. The second-order valence-electron chi connectivity index (χ2n) is 6.98. The highest BCUT2D eigenvalue weighted by Crippen LogP contribution is 2.29. The molecule has 0 saturated carbocycles. The van der Waals surface area contributed by atoms with Crippen LogP contribution in [0.25, 0.3) is 5.70 Å². The highest BCUT2D eigenvalue weighted by Gasteiger charge is 2.30. The summed E-state index contributed by atoms with van der Waals surface area (Å²) >= 11 is 0. The van der Waals surface area contributed by atoms with E-state index in [9.17, 15) is 13.2 Å². The fourth-order valence-corrected chi connectivity index (χ4v) is 3.34. The minimum Gasteiger partial charge on any atom is -0.406 e. The topological polar surface area (TPSA) is 38.2 Å². The van der Waals surface area contributed by atoms with Crippen LogP contribution >= 0.6 is 0 Å². The van der Waals surface area contributed by atoms with Crippen LogP contribution in [0.15, 0.2) is 67.5 Å². The number of halogens is 3. The summed E-state index contributed by atoms with van der Waals surface area (Å²) in [6.45, 7) is 5.67. The van der Waals surface area contributed by atoms with Gasteiger partial charge in [0, 0.05) is 41.3 Å². The van der Waals surface area contributed by atoms with E-state index in [4.69, 9.17) is 0 Å². The fraction of sp³-hybridized carbons (Fsp3) is 0.167. The van der Waals surface area contributed by atoms with Gasteiger partial charge in [0.15, 0.2) is 0 Å².